The first-order valence-electron chi connectivity index (χ1n) is 7.51. The summed E-state index contributed by atoms with van der Waals surface area (Å²) in [5.41, 5.74) is 0.629. The largest absolute Gasteiger partial charge is 0.484 e. The van der Waals surface area contributed by atoms with Gasteiger partial charge in [0.05, 0.1) is 17.9 Å². The molecule has 3 rings (SSSR count). The lowest BCUT2D eigenvalue weighted by atomic mass is 10.1. The van der Waals surface area contributed by atoms with E-state index in [1.54, 1.807) is 6.20 Å². The quantitative estimate of drug-likeness (QED) is 0.919. The van der Waals surface area contributed by atoms with Gasteiger partial charge in [-0.15, -0.1) is 0 Å². The molecule has 6 nitrogen and oxygen atoms in total. The fraction of sp³-hybridized carbons (Fsp3) is 0.375. The van der Waals surface area contributed by atoms with Crippen LogP contribution in [-0.4, -0.2) is 35.5 Å². The van der Waals surface area contributed by atoms with E-state index >= 15 is 0 Å². The van der Waals surface area contributed by atoms with Gasteiger partial charge in [-0.3, -0.25) is 9.48 Å². The number of hydrogen-bond donors (Lipinski definition) is 1. The maximum Gasteiger partial charge on any atom is 0.262 e. The van der Waals surface area contributed by atoms with Crippen LogP contribution in [0, 0.1) is 5.82 Å². The van der Waals surface area contributed by atoms with Crippen molar-refractivity contribution in [3.63, 3.8) is 0 Å². The lowest BCUT2D eigenvalue weighted by Gasteiger charge is -2.22. The average molecular weight is 319 g/mol. The number of ether oxygens (including phenoxy) is 2. The first-order valence-corrected chi connectivity index (χ1v) is 7.51. The van der Waals surface area contributed by atoms with Crippen molar-refractivity contribution in [2.24, 2.45) is 0 Å². The van der Waals surface area contributed by atoms with Gasteiger partial charge >= 0.3 is 0 Å². The zero-order valence-electron chi connectivity index (χ0n) is 12.6. The van der Waals surface area contributed by atoms with Gasteiger partial charge in [0.15, 0.2) is 6.61 Å². The Morgan fingerprint density at radius 3 is 2.83 bits per heavy atom. The minimum atomic E-state index is -0.345. The number of halogens is 1. The molecule has 0 saturated carbocycles. The number of carbonyl (C=O) groups excluding carboxylic acids is 1. The average Bonchev–Trinajstić information content (AvgIpc) is 3.04. The Morgan fingerprint density at radius 2 is 2.09 bits per heavy atom. The molecule has 1 aliphatic heterocycles. The summed E-state index contributed by atoms with van der Waals surface area (Å²) in [5, 5.41) is 7.02. The molecule has 2 heterocycles. The Bertz CT molecular complexity index is 651. The van der Waals surface area contributed by atoms with Crippen molar-refractivity contribution in [1.29, 1.82) is 0 Å². The molecule has 2 aromatic rings. The maximum atomic E-state index is 12.8. The first kappa shape index (κ1) is 15.5. The van der Waals surface area contributed by atoms with E-state index in [2.05, 4.69) is 10.4 Å². The molecule has 1 aliphatic rings. The van der Waals surface area contributed by atoms with Crippen LogP contribution in [0.5, 0.6) is 5.75 Å². The van der Waals surface area contributed by atoms with E-state index in [0.717, 1.165) is 26.1 Å². The second-order valence-corrected chi connectivity index (χ2v) is 5.34. The van der Waals surface area contributed by atoms with Crippen molar-refractivity contribution in [1.82, 2.24) is 9.78 Å². The fourth-order valence-corrected chi connectivity index (χ4v) is 2.43. The molecule has 1 aromatic heterocycles. The van der Waals surface area contributed by atoms with Gasteiger partial charge in [0, 0.05) is 19.4 Å². The Balaban J connectivity index is 1.49. The van der Waals surface area contributed by atoms with Gasteiger partial charge in [-0.1, -0.05) is 0 Å². The second-order valence-electron chi connectivity index (χ2n) is 5.34. The molecule has 0 atom stereocenters. The van der Waals surface area contributed by atoms with E-state index in [1.165, 1.54) is 24.3 Å². The van der Waals surface area contributed by atoms with Crippen molar-refractivity contribution in [3.8, 4) is 5.75 Å². The molecular formula is C16H18FN3O3. The van der Waals surface area contributed by atoms with E-state index < -0.39 is 0 Å². The van der Waals surface area contributed by atoms with E-state index in [9.17, 15) is 9.18 Å². The van der Waals surface area contributed by atoms with Crippen molar-refractivity contribution in [2.45, 2.75) is 18.9 Å². The number of hydrogen-bond acceptors (Lipinski definition) is 4. The van der Waals surface area contributed by atoms with Crippen LogP contribution in [0.15, 0.2) is 36.7 Å². The van der Waals surface area contributed by atoms with Crippen LogP contribution in [-0.2, 0) is 9.53 Å². The Hall–Kier alpha value is -2.41. The number of anilines is 1. The number of nitrogens with zero attached hydrogens (tertiary/aromatic N) is 2. The molecule has 0 radical (unpaired) electrons. The van der Waals surface area contributed by atoms with Gasteiger partial charge in [0.2, 0.25) is 0 Å². The number of aromatic nitrogens is 2. The third-order valence-electron chi connectivity index (χ3n) is 3.63. The fourth-order valence-electron chi connectivity index (χ4n) is 2.43. The molecule has 1 saturated heterocycles. The van der Waals surface area contributed by atoms with Gasteiger partial charge in [-0.25, -0.2) is 4.39 Å². The van der Waals surface area contributed by atoms with Crippen molar-refractivity contribution < 1.29 is 18.7 Å². The van der Waals surface area contributed by atoms with Crippen LogP contribution in [0.1, 0.15) is 18.9 Å². The normalized spacial score (nSPS) is 15.3. The number of carbonyl (C=O) groups is 1. The predicted octanol–water partition coefficient (Wildman–Crippen LogP) is 2.39. The molecular weight excluding hydrogens is 301 g/mol. The highest BCUT2D eigenvalue weighted by Gasteiger charge is 2.16. The van der Waals surface area contributed by atoms with Gasteiger partial charge in [0.25, 0.3) is 5.91 Å². The second kappa shape index (κ2) is 7.23. The van der Waals surface area contributed by atoms with Crippen LogP contribution in [0.2, 0.25) is 0 Å². The molecule has 0 unspecified atom stereocenters. The highest BCUT2D eigenvalue weighted by atomic mass is 19.1. The molecule has 0 bridgehead atoms. The van der Waals surface area contributed by atoms with Gasteiger partial charge in [0.1, 0.15) is 11.6 Å². The zero-order valence-corrected chi connectivity index (χ0v) is 12.6. The summed E-state index contributed by atoms with van der Waals surface area (Å²) in [4.78, 5) is 11.9. The predicted molar refractivity (Wildman–Crippen MR) is 81.8 cm³/mol. The molecule has 1 N–H and O–H groups in total. The monoisotopic (exact) mass is 319 g/mol. The number of benzene rings is 1. The van der Waals surface area contributed by atoms with Crippen LogP contribution in [0.25, 0.3) is 0 Å². The van der Waals surface area contributed by atoms with Gasteiger partial charge < -0.3 is 14.8 Å². The maximum absolute atomic E-state index is 12.8. The summed E-state index contributed by atoms with van der Waals surface area (Å²) in [6, 6.07) is 5.83. The third kappa shape index (κ3) is 4.29. The Labute approximate surface area is 133 Å². The van der Waals surface area contributed by atoms with Crippen LogP contribution in [0.3, 0.4) is 0 Å². The topological polar surface area (TPSA) is 65.4 Å². The third-order valence-corrected chi connectivity index (χ3v) is 3.63. The Morgan fingerprint density at radius 1 is 1.35 bits per heavy atom. The zero-order chi connectivity index (χ0) is 16.1. The van der Waals surface area contributed by atoms with Crippen LogP contribution >= 0.6 is 0 Å². The molecule has 122 valence electrons. The van der Waals surface area contributed by atoms with Crippen LogP contribution < -0.4 is 10.1 Å². The SMILES string of the molecule is O=C(COc1ccc(F)cc1)Nc1cnn(C2CCOCC2)c1. The minimum Gasteiger partial charge on any atom is -0.484 e. The van der Waals surface area contributed by atoms with Crippen molar-refractivity contribution in [2.75, 3.05) is 25.1 Å². The van der Waals surface area contributed by atoms with Gasteiger partial charge in [-0.2, -0.15) is 5.10 Å². The lowest BCUT2D eigenvalue weighted by Crippen LogP contribution is -2.21. The number of rotatable bonds is 5. The van der Waals surface area contributed by atoms with Gasteiger partial charge in [-0.05, 0) is 37.1 Å². The smallest absolute Gasteiger partial charge is 0.262 e. The number of nitrogens with one attached hydrogen (secondary N) is 1. The van der Waals surface area contributed by atoms with E-state index in [4.69, 9.17) is 9.47 Å². The summed E-state index contributed by atoms with van der Waals surface area (Å²) >= 11 is 0. The summed E-state index contributed by atoms with van der Waals surface area (Å²) in [7, 11) is 0. The molecule has 1 fully saturated rings. The summed E-state index contributed by atoms with van der Waals surface area (Å²) < 4.78 is 25.3. The molecule has 23 heavy (non-hydrogen) atoms. The summed E-state index contributed by atoms with van der Waals surface area (Å²) in [6.07, 6.45) is 5.27. The number of amides is 1. The first-order chi connectivity index (χ1) is 11.2. The molecule has 7 heteroatoms. The molecule has 1 aromatic carbocycles. The van der Waals surface area contributed by atoms with Crippen LogP contribution in [0.4, 0.5) is 10.1 Å². The highest BCUT2D eigenvalue weighted by Crippen LogP contribution is 2.21. The summed E-state index contributed by atoms with van der Waals surface area (Å²) in [6.45, 7) is 1.32. The molecule has 0 aliphatic carbocycles. The Kier molecular flexibility index (Phi) is 4.87. The standard InChI is InChI=1S/C16H18FN3O3/c17-12-1-3-15(4-2-12)23-11-16(21)19-13-9-18-20(10-13)14-5-7-22-8-6-14/h1-4,9-10,14H,5-8,11H2,(H,19,21). The lowest BCUT2D eigenvalue weighted by molar-refractivity contribution is -0.118. The molecule has 1 amide bonds. The van der Waals surface area contributed by atoms with E-state index in [-0.39, 0.29) is 18.3 Å². The summed E-state index contributed by atoms with van der Waals surface area (Å²) in [5.74, 6) is -0.192. The minimum absolute atomic E-state index is 0.145. The van der Waals surface area contributed by atoms with Crippen molar-refractivity contribution in [3.05, 3.63) is 42.5 Å². The molecule has 0 spiro atoms. The highest BCUT2D eigenvalue weighted by molar-refractivity contribution is 5.91. The van der Waals surface area contributed by atoms with E-state index in [1.807, 2.05) is 10.9 Å². The van der Waals surface area contributed by atoms with E-state index in [0.29, 0.717) is 17.5 Å². The van der Waals surface area contributed by atoms with Crippen molar-refractivity contribution >= 4 is 11.6 Å².